The van der Waals surface area contributed by atoms with Crippen molar-refractivity contribution in [1.82, 2.24) is 20.6 Å². The van der Waals surface area contributed by atoms with Crippen LogP contribution in [0.3, 0.4) is 0 Å². The predicted octanol–water partition coefficient (Wildman–Crippen LogP) is 1.92. The quantitative estimate of drug-likeness (QED) is 0.687. The average molecular weight is 359 g/mol. The van der Waals surface area contributed by atoms with Crippen molar-refractivity contribution in [1.29, 1.82) is 0 Å². The molecule has 2 amide bonds. The number of hydrogen-bond acceptors (Lipinski definition) is 5. The standard InChI is InChI=1S/C18H22FN5O2/c19-15-5-3-4-14(12-15)16(24-8-10-26-11-9-24)13-21-18(25)23-22-17-6-1-2-7-20-17/h1-7,12,16H,8-11,13H2,(H,20,22)(H2,21,23,25). The fraction of sp³-hybridized carbons (Fsp3) is 0.333. The molecule has 1 aromatic carbocycles. The van der Waals surface area contributed by atoms with Crippen molar-refractivity contribution in [2.24, 2.45) is 0 Å². The Morgan fingerprint density at radius 3 is 2.81 bits per heavy atom. The Balaban J connectivity index is 1.59. The topological polar surface area (TPSA) is 78.5 Å². The number of nitrogens with zero attached hydrogens (tertiary/aromatic N) is 2. The zero-order valence-electron chi connectivity index (χ0n) is 14.3. The summed E-state index contributed by atoms with van der Waals surface area (Å²) < 4.78 is 19.0. The van der Waals surface area contributed by atoms with Gasteiger partial charge in [-0.2, -0.15) is 0 Å². The number of ether oxygens (including phenoxy) is 1. The highest BCUT2D eigenvalue weighted by Gasteiger charge is 2.23. The first-order chi connectivity index (χ1) is 12.7. The van der Waals surface area contributed by atoms with E-state index in [2.05, 4.69) is 26.1 Å². The summed E-state index contributed by atoms with van der Waals surface area (Å²) >= 11 is 0. The van der Waals surface area contributed by atoms with Gasteiger partial charge in [0, 0.05) is 25.8 Å². The van der Waals surface area contributed by atoms with Gasteiger partial charge < -0.3 is 10.1 Å². The molecule has 0 bridgehead atoms. The smallest absolute Gasteiger partial charge is 0.333 e. The van der Waals surface area contributed by atoms with Gasteiger partial charge in [-0.25, -0.2) is 14.2 Å². The molecule has 1 unspecified atom stereocenters. The molecule has 7 nitrogen and oxygen atoms in total. The van der Waals surface area contributed by atoms with Crippen molar-refractivity contribution >= 4 is 11.8 Å². The van der Waals surface area contributed by atoms with Crippen molar-refractivity contribution in [3.05, 3.63) is 60.0 Å². The van der Waals surface area contributed by atoms with E-state index in [-0.39, 0.29) is 17.9 Å². The molecule has 1 atom stereocenters. The molecule has 0 radical (unpaired) electrons. The Bertz CT molecular complexity index is 710. The molecular formula is C18H22FN5O2. The van der Waals surface area contributed by atoms with E-state index in [0.29, 0.717) is 25.6 Å². The largest absolute Gasteiger partial charge is 0.379 e. The summed E-state index contributed by atoms with van der Waals surface area (Å²) in [6.45, 7) is 3.06. The zero-order valence-corrected chi connectivity index (χ0v) is 14.3. The minimum Gasteiger partial charge on any atom is -0.379 e. The van der Waals surface area contributed by atoms with E-state index in [4.69, 9.17) is 4.74 Å². The lowest BCUT2D eigenvalue weighted by molar-refractivity contribution is 0.0166. The predicted molar refractivity (Wildman–Crippen MR) is 95.9 cm³/mol. The number of anilines is 1. The number of morpholine rings is 1. The van der Waals surface area contributed by atoms with Gasteiger partial charge in [0.25, 0.3) is 0 Å². The molecule has 1 fully saturated rings. The van der Waals surface area contributed by atoms with Crippen LogP contribution in [0.15, 0.2) is 48.7 Å². The number of aromatic nitrogens is 1. The van der Waals surface area contributed by atoms with E-state index in [9.17, 15) is 9.18 Å². The number of hydrazine groups is 1. The molecule has 1 aromatic heterocycles. The normalized spacial score (nSPS) is 15.9. The van der Waals surface area contributed by atoms with Crippen LogP contribution in [0.4, 0.5) is 15.0 Å². The SMILES string of the molecule is O=C(NCC(c1cccc(F)c1)N1CCOCC1)NNc1ccccn1. The van der Waals surface area contributed by atoms with E-state index >= 15 is 0 Å². The van der Waals surface area contributed by atoms with Gasteiger partial charge in [0.1, 0.15) is 11.6 Å². The summed E-state index contributed by atoms with van der Waals surface area (Å²) in [5.74, 6) is 0.250. The molecule has 1 aliphatic heterocycles. The first-order valence-corrected chi connectivity index (χ1v) is 8.50. The van der Waals surface area contributed by atoms with Crippen LogP contribution >= 0.6 is 0 Å². The molecule has 0 aliphatic carbocycles. The Morgan fingerprint density at radius 2 is 2.08 bits per heavy atom. The maximum atomic E-state index is 13.6. The summed E-state index contributed by atoms with van der Waals surface area (Å²) in [5, 5.41) is 2.82. The first kappa shape index (κ1) is 18.1. The summed E-state index contributed by atoms with van der Waals surface area (Å²) in [4.78, 5) is 18.3. The van der Waals surface area contributed by atoms with Crippen molar-refractivity contribution in [3.63, 3.8) is 0 Å². The highest BCUT2D eigenvalue weighted by molar-refractivity contribution is 5.75. The van der Waals surface area contributed by atoms with Crippen molar-refractivity contribution in [3.8, 4) is 0 Å². The summed E-state index contributed by atoms with van der Waals surface area (Å²) in [7, 11) is 0. The highest BCUT2D eigenvalue weighted by Crippen LogP contribution is 2.22. The number of rotatable bonds is 6. The lowest BCUT2D eigenvalue weighted by atomic mass is 10.0. The summed E-state index contributed by atoms with van der Waals surface area (Å²) in [6, 6.07) is 11.3. The Hall–Kier alpha value is -2.71. The van der Waals surface area contributed by atoms with Gasteiger partial charge in [0.05, 0.1) is 19.3 Å². The number of hydrogen-bond donors (Lipinski definition) is 3. The number of amides is 2. The van der Waals surface area contributed by atoms with Gasteiger partial charge in [0.15, 0.2) is 0 Å². The molecule has 1 aliphatic rings. The van der Waals surface area contributed by atoms with E-state index in [1.807, 2.05) is 12.1 Å². The van der Waals surface area contributed by atoms with Crippen molar-refractivity contribution < 1.29 is 13.9 Å². The maximum Gasteiger partial charge on any atom is 0.333 e. The minimum absolute atomic E-state index is 0.129. The number of pyridine rings is 1. The van der Waals surface area contributed by atoms with Crippen LogP contribution in [0.2, 0.25) is 0 Å². The van der Waals surface area contributed by atoms with Crippen LogP contribution in [-0.4, -0.2) is 48.8 Å². The average Bonchev–Trinajstić information content (AvgIpc) is 2.68. The first-order valence-electron chi connectivity index (χ1n) is 8.50. The molecule has 0 spiro atoms. The Labute approximate surface area is 151 Å². The molecule has 1 saturated heterocycles. The minimum atomic E-state index is -0.384. The maximum absolute atomic E-state index is 13.6. The van der Waals surface area contributed by atoms with Gasteiger partial charge in [-0.1, -0.05) is 18.2 Å². The second-order valence-electron chi connectivity index (χ2n) is 5.89. The van der Waals surface area contributed by atoms with Gasteiger partial charge >= 0.3 is 6.03 Å². The van der Waals surface area contributed by atoms with E-state index in [1.165, 1.54) is 12.1 Å². The third kappa shape index (κ3) is 5.14. The van der Waals surface area contributed by atoms with Crippen LogP contribution in [0.5, 0.6) is 0 Å². The molecule has 3 N–H and O–H groups in total. The lowest BCUT2D eigenvalue weighted by Gasteiger charge is -2.34. The van der Waals surface area contributed by atoms with E-state index < -0.39 is 0 Å². The number of carbonyl (C=O) groups excluding carboxylic acids is 1. The molecular weight excluding hydrogens is 337 g/mol. The van der Waals surface area contributed by atoms with Gasteiger partial charge in [0.2, 0.25) is 0 Å². The van der Waals surface area contributed by atoms with Gasteiger partial charge in [-0.15, -0.1) is 0 Å². The second kappa shape index (κ2) is 9.12. The van der Waals surface area contributed by atoms with Crippen LogP contribution in [0.1, 0.15) is 11.6 Å². The van der Waals surface area contributed by atoms with E-state index in [1.54, 1.807) is 24.4 Å². The number of halogens is 1. The van der Waals surface area contributed by atoms with Crippen LogP contribution in [0.25, 0.3) is 0 Å². The molecule has 26 heavy (non-hydrogen) atoms. The van der Waals surface area contributed by atoms with Gasteiger partial charge in [-0.05, 0) is 29.8 Å². The third-order valence-electron chi connectivity index (χ3n) is 4.14. The number of nitrogens with one attached hydrogen (secondary N) is 3. The van der Waals surface area contributed by atoms with Crippen molar-refractivity contribution in [2.45, 2.75) is 6.04 Å². The molecule has 0 saturated carbocycles. The molecule has 2 aromatic rings. The molecule has 8 heteroatoms. The number of carbonyl (C=O) groups is 1. The van der Waals surface area contributed by atoms with Crippen molar-refractivity contribution in [2.75, 3.05) is 38.3 Å². The zero-order chi connectivity index (χ0) is 18.2. The molecule has 2 heterocycles. The lowest BCUT2D eigenvalue weighted by Crippen LogP contribution is -2.46. The summed E-state index contributed by atoms with van der Waals surface area (Å²) in [5.41, 5.74) is 6.09. The van der Waals surface area contributed by atoms with Crippen LogP contribution < -0.4 is 16.2 Å². The fourth-order valence-electron chi connectivity index (χ4n) is 2.85. The molecule has 3 rings (SSSR count). The Kier molecular flexibility index (Phi) is 6.34. The summed E-state index contributed by atoms with van der Waals surface area (Å²) in [6.07, 6.45) is 1.63. The van der Waals surface area contributed by atoms with E-state index in [0.717, 1.165) is 18.7 Å². The molecule has 138 valence electrons. The highest BCUT2D eigenvalue weighted by atomic mass is 19.1. The van der Waals surface area contributed by atoms with Gasteiger partial charge in [-0.3, -0.25) is 15.8 Å². The monoisotopic (exact) mass is 359 g/mol. The fourth-order valence-corrected chi connectivity index (χ4v) is 2.85. The number of urea groups is 1. The third-order valence-corrected chi connectivity index (χ3v) is 4.14. The van der Waals surface area contributed by atoms with Crippen LogP contribution in [-0.2, 0) is 4.74 Å². The Morgan fingerprint density at radius 1 is 1.23 bits per heavy atom. The number of benzene rings is 1. The van der Waals surface area contributed by atoms with Crippen LogP contribution in [0, 0.1) is 5.82 Å². The second-order valence-corrected chi connectivity index (χ2v) is 5.89.